The van der Waals surface area contributed by atoms with Crippen molar-refractivity contribution in [2.24, 2.45) is 33.0 Å². The highest BCUT2D eigenvalue weighted by molar-refractivity contribution is 6.06. The van der Waals surface area contributed by atoms with Crippen LogP contribution in [0.15, 0.2) is 76.6 Å². The molecular formula is C41H52N2O4. The summed E-state index contributed by atoms with van der Waals surface area (Å²) in [6.07, 6.45) is 16.3. The van der Waals surface area contributed by atoms with Crippen molar-refractivity contribution in [1.29, 1.82) is 0 Å². The van der Waals surface area contributed by atoms with Gasteiger partial charge in [-0.1, -0.05) is 82.2 Å². The minimum absolute atomic E-state index is 0.0112. The maximum absolute atomic E-state index is 13.8. The zero-order valence-corrected chi connectivity index (χ0v) is 29.3. The first-order valence-corrected chi connectivity index (χ1v) is 17.5. The second-order valence-electron chi connectivity index (χ2n) is 16.4. The van der Waals surface area contributed by atoms with Crippen LogP contribution in [-0.4, -0.2) is 35.8 Å². The minimum atomic E-state index is -0.479. The number of aliphatic hydroxyl groups is 1. The van der Waals surface area contributed by atoms with Gasteiger partial charge in [0.2, 0.25) is 17.6 Å². The predicted octanol–water partition coefficient (Wildman–Crippen LogP) is 7.87. The number of carbonyl (C=O) groups is 3. The molecule has 3 N–H and O–H groups in total. The van der Waals surface area contributed by atoms with Gasteiger partial charge in [-0.2, -0.15) is 0 Å². The van der Waals surface area contributed by atoms with Crippen LogP contribution < -0.4 is 10.6 Å². The summed E-state index contributed by atoms with van der Waals surface area (Å²) in [7, 11) is 0. The molecule has 1 aromatic carbocycles. The number of nitrogens with one attached hydrogen (secondary N) is 2. The van der Waals surface area contributed by atoms with Crippen LogP contribution in [-0.2, 0) is 14.4 Å². The highest BCUT2D eigenvalue weighted by atomic mass is 16.3. The largest absolute Gasteiger partial charge is 0.504 e. The molecule has 6 rings (SSSR count). The molecule has 250 valence electrons. The lowest BCUT2D eigenvalue weighted by Gasteiger charge is -2.70. The standard InChI is InChI=1S/C41H52N2O4/c1-26-8-10-28(11-9-26)12-15-34(45)42-22-23-43-36(47)38(4)17-16-37(3)18-20-40(6)32-14-13-29-27(2)35(46)31(44)24-30(29)39(32,5)19-21-41(40,7)33(37)25-38/h8-15,24,33,46H,16-23,25H2,1-7H3,(H,42,45)(H,43,47)/b15-12+/t33-,37-,38-,39+,40-,41+/m1/s1. The van der Waals surface area contributed by atoms with Gasteiger partial charge in [0.05, 0.1) is 0 Å². The normalized spacial score (nSPS) is 36.3. The first-order chi connectivity index (χ1) is 22.1. The number of carbonyl (C=O) groups excluding carboxylic acids is 3. The van der Waals surface area contributed by atoms with Crippen molar-refractivity contribution in [2.45, 2.75) is 93.4 Å². The maximum Gasteiger partial charge on any atom is 0.244 e. The molecule has 6 heteroatoms. The highest BCUT2D eigenvalue weighted by Crippen LogP contribution is 2.75. The quantitative estimate of drug-likeness (QED) is 0.219. The summed E-state index contributed by atoms with van der Waals surface area (Å²) >= 11 is 0. The Morgan fingerprint density at radius 1 is 0.894 bits per heavy atom. The third-order valence-corrected chi connectivity index (χ3v) is 13.6. The molecule has 0 unspecified atom stereocenters. The van der Waals surface area contributed by atoms with Gasteiger partial charge in [0.15, 0.2) is 5.76 Å². The first kappa shape index (κ1) is 33.2. The summed E-state index contributed by atoms with van der Waals surface area (Å²) in [6.45, 7) is 16.5. The van der Waals surface area contributed by atoms with Crippen molar-refractivity contribution < 1.29 is 19.5 Å². The summed E-state index contributed by atoms with van der Waals surface area (Å²) in [5.74, 6) is -0.156. The molecule has 0 heterocycles. The van der Waals surface area contributed by atoms with E-state index in [0.29, 0.717) is 24.6 Å². The monoisotopic (exact) mass is 636 g/mol. The van der Waals surface area contributed by atoms with Crippen molar-refractivity contribution >= 4 is 23.7 Å². The second-order valence-corrected chi connectivity index (χ2v) is 16.4. The SMILES string of the molecule is CC1=C(O)C(=O)C=C2C1=CC=C1[C@@]2(C)CC[C@@]2(C)[C@@H]3C[C@](C)(C(=O)NCCNC(=O)/C=C/c4ccc(C)cc4)CC[C@]3(C)CC[C@]12C. The zero-order chi connectivity index (χ0) is 34.0. The fourth-order valence-corrected chi connectivity index (χ4v) is 10.1. The van der Waals surface area contributed by atoms with Crippen molar-refractivity contribution in [2.75, 3.05) is 13.1 Å². The van der Waals surface area contributed by atoms with E-state index in [1.807, 2.05) is 38.1 Å². The Hall–Kier alpha value is -3.67. The Balaban J connectivity index is 1.16. The molecule has 6 nitrogen and oxygen atoms in total. The number of hydrogen-bond donors (Lipinski definition) is 3. The summed E-state index contributed by atoms with van der Waals surface area (Å²) in [5.41, 5.74) is 5.59. The first-order valence-electron chi connectivity index (χ1n) is 17.5. The van der Waals surface area contributed by atoms with Crippen LogP contribution in [0.1, 0.15) is 97.6 Å². The van der Waals surface area contributed by atoms with Gasteiger partial charge < -0.3 is 15.7 Å². The van der Waals surface area contributed by atoms with Crippen LogP contribution in [0.4, 0.5) is 0 Å². The molecule has 1 aromatic rings. The summed E-state index contributed by atoms with van der Waals surface area (Å²) < 4.78 is 0. The van der Waals surface area contributed by atoms with Crippen molar-refractivity contribution in [1.82, 2.24) is 10.6 Å². The molecule has 0 radical (unpaired) electrons. The summed E-state index contributed by atoms with van der Waals surface area (Å²) in [5, 5.41) is 16.5. The molecule has 3 saturated carbocycles. The van der Waals surface area contributed by atoms with Gasteiger partial charge in [-0.3, -0.25) is 14.4 Å². The summed E-state index contributed by atoms with van der Waals surface area (Å²) in [4.78, 5) is 39.0. The second kappa shape index (κ2) is 11.5. The number of aryl methyl sites for hydroxylation is 1. The molecule has 5 aliphatic rings. The van der Waals surface area contributed by atoms with Crippen LogP contribution in [0.5, 0.6) is 0 Å². The number of hydrogen-bond acceptors (Lipinski definition) is 4. The van der Waals surface area contributed by atoms with Gasteiger partial charge in [0.1, 0.15) is 0 Å². The van der Waals surface area contributed by atoms with E-state index >= 15 is 0 Å². The van der Waals surface area contributed by atoms with Gasteiger partial charge in [-0.05, 0) is 110 Å². The third kappa shape index (κ3) is 5.27. The van der Waals surface area contributed by atoms with E-state index in [2.05, 4.69) is 57.4 Å². The third-order valence-electron chi connectivity index (χ3n) is 13.6. The molecule has 2 amide bonds. The Bertz CT molecular complexity index is 1680. The van der Waals surface area contributed by atoms with Crippen molar-refractivity contribution in [3.8, 4) is 0 Å². The van der Waals surface area contributed by atoms with E-state index in [0.717, 1.165) is 61.7 Å². The predicted molar refractivity (Wildman–Crippen MR) is 187 cm³/mol. The van der Waals surface area contributed by atoms with E-state index in [1.54, 1.807) is 12.2 Å². The van der Waals surface area contributed by atoms with E-state index in [9.17, 15) is 19.5 Å². The molecule has 3 fully saturated rings. The van der Waals surface area contributed by atoms with Crippen LogP contribution in [0.25, 0.3) is 6.08 Å². The minimum Gasteiger partial charge on any atom is -0.504 e. The fraction of sp³-hybridized carbons (Fsp3) is 0.537. The van der Waals surface area contributed by atoms with Crippen LogP contribution in [0.2, 0.25) is 0 Å². The van der Waals surface area contributed by atoms with Gasteiger partial charge in [0, 0.05) is 35.6 Å². The number of amides is 2. The average Bonchev–Trinajstić information content (AvgIpc) is 3.04. The van der Waals surface area contributed by atoms with E-state index in [1.165, 1.54) is 17.2 Å². The van der Waals surface area contributed by atoms with E-state index in [-0.39, 0.29) is 45.0 Å². The molecule has 0 saturated heterocycles. The fourth-order valence-electron chi connectivity index (χ4n) is 10.1. The Labute approximate surface area is 280 Å². The molecule has 5 aliphatic carbocycles. The van der Waals surface area contributed by atoms with Crippen molar-refractivity contribution in [3.63, 3.8) is 0 Å². The smallest absolute Gasteiger partial charge is 0.244 e. The number of ketones is 1. The maximum atomic E-state index is 13.8. The Morgan fingerprint density at radius 2 is 1.57 bits per heavy atom. The molecule has 6 atom stereocenters. The average molecular weight is 637 g/mol. The number of rotatable bonds is 6. The number of benzene rings is 1. The zero-order valence-electron chi connectivity index (χ0n) is 29.3. The topological polar surface area (TPSA) is 95.5 Å². The number of fused-ring (bicyclic) bond motifs is 7. The number of allylic oxidation sites excluding steroid dienone is 7. The van der Waals surface area contributed by atoms with Gasteiger partial charge in [0.25, 0.3) is 0 Å². The van der Waals surface area contributed by atoms with Crippen molar-refractivity contribution in [3.05, 3.63) is 87.7 Å². The molecule has 0 spiro atoms. The Kier molecular flexibility index (Phi) is 8.13. The summed E-state index contributed by atoms with van der Waals surface area (Å²) in [6, 6.07) is 8.00. The molecule has 0 bridgehead atoms. The lowest BCUT2D eigenvalue weighted by Crippen LogP contribution is -2.62. The molecule has 0 aliphatic heterocycles. The Morgan fingerprint density at radius 3 is 2.30 bits per heavy atom. The lowest BCUT2D eigenvalue weighted by atomic mass is 9.34. The van der Waals surface area contributed by atoms with E-state index in [4.69, 9.17) is 0 Å². The van der Waals surface area contributed by atoms with Crippen LogP contribution in [0.3, 0.4) is 0 Å². The van der Waals surface area contributed by atoms with Crippen LogP contribution >= 0.6 is 0 Å². The lowest BCUT2D eigenvalue weighted by molar-refractivity contribution is -0.169. The molecule has 0 aromatic heterocycles. The van der Waals surface area contributed by atoms with Crippen LogP contribution in [0, 0.1) is 39.9 Å². The highest BCUT2D eigenvalue weighted by Gasteiger charge is 2.67. The van der Waals surface area contributed by atoms with E-state index < -0.39 is 5.41 Å². The molecular weight excluding hydrogens is 584 g/mol. The number of aliphatic hydroxyl groups excluding tert-OH is 1. The molecule has 47 heavy (non-hydrogen) atoms. The van der Waals surface area contributed by atoms with Gasteiger partial charge in [-0.15, -0.1) is 0 Å². The van der Waals surface area contributed by atoms with Gasteiger partial charge in [-0.25, -0.2) is 0 Å². The van der Waals surface area contributed by atoms with Gasteiger partial charge >= 0.3 is 0 Å².